The third-order valence-electron chi connectivity index (χ3n) is 9.96. The molecular weight excluding hydrogens is 524 g/mol. The van der Waals surface area contributed by atoms with E-state index >= 15 is 0 Å². The van der Waals surface area contributed by atoms with Gasteiger partial charge in [-0.1, -0.05) is 17.7 Å². The minimum absolute atomic E-state index is 0.0119. The van der Waals surface area contributed by atoms with Gasteiger partial charge in [0.1, 0.15) is 5.76 Å². The summed E-state index contributed by atoms with van der Waals surface area (Å²) in [5.41, 5.74) is 5.67. The van der Waals surface area contributed by atoms with Crippen molar-refractivity contribution in [2.45, 2.75) is 65.2 Å². The lowest BCUT2D eigenvalue weighted by Crippen LogP contribution is -2.44. The highest BCUT2D eigenvalue weighted by molar-refractivity contribution is 6.39. The lowest BCUT2D eigenvalue weighted by atomic mass is 9.77. The number of likely N-dealkylation sites (N-methyl/N-ethyl adjacent to an activating group) is 2. The second-order valence-corrected chi connectivity index (χ2v) is 12.4. The van der Waals surface area contributed by atoms with Crippen LogP contribution in [0.15, 0.2) is 41.2 Å². The van der Waals surface area contributed by atoms with Crippen molar-refractivity contribution in [3.63, 3.8) is 0 Å². The summed E-state index contributed by atoms with van der Waals surface area (Å²) < 4.78 is 2.63. The van der Waals surface area contributed by atoms with Crippen molar-refractivity contribution < 1.29 is 14.5 Å². The molecular formula is C34H53N6O2+. The van der Waals surface area contributed by atoms with Gasteiger partial charge in [0.25, 0.3) is 0 Å². The molecule has 5 rings (SSSR count). The van der Waals surface area contributed by atoms with E-state index in [1.165, 1.54) is 57.6 Å². The summed E-state index contributed by atoms with van der Waals surface area (Å²) >= 11 is 0. The van der Waals surface area contributed by atoms with Crippen LogP contribution in [-0.2, 0) is 4.79 Å². The normalized spacial score (nSPS) is 20.4. The van der Waals surface area contributed by atoms with Crippen molar-refractivity contribution in [2.24, 2.45) is 0 Å². The van der Waals surface area contributed by atoms with Gasteiger partial charge < -0.3 is 10.0 Å². The third-order valence-corrected chi connectivity index (χ3v) is 9.96. The SMILES string of the molecule is CCN(CC)c1ccc(C2=C(O)C(=C3CCC(=[N+](CCN(C)N4CCCC4)CCN(C)N4CCCC4)CC3)C2=O)cc1. The third kappa shape index (κ3) is 6.83. The van der Waals surface area contributed by atoms with E-state index in [-0.39, 0.29) is 11.5 Å². The number of ketones is 1. The van der Waals surface area contributed by atoms with Crippen LogP contribution in [0.3, 0.4) is 0 Å². The molecule has 3 fully saturated rings. The molecule has 1 aromatic carbocycles. The second kappa shape index (κ2) is 14.3. The number of nitrogens with zero attached hydrogens (tertiary/aromatic N) is 6. The van der Waals surface area contributed by atoms with Crippen LogP contribution in [0.2, 0.25) is 0 Å². The molecule has 1 aromatic rings. The van der Waals surface area contributed by atoms with Crippen molar-refractivity contribution in [1.82, 2.24) is 20.0 Å². The molecule has 230 valence electrons. The predicted molar refractivity (Wildman–Crippen MR) is 172 cm³/mol. The molecule has 2 aliphatic carbocycles. The molecule has 0 amide bonds. The first-order valence-electron chi connectivity index (χ1n) is 16.5. The summed E-state index contributed by atoms with van der Waals surface area (Å²) in [6, 6.07) is 8.06. The molecule has 42 heavy (non-hydrogen) atoms. The van der Waals surface area contributed by atoms with E-state index in [1.54, 1.807) is 0 Å². The summed E-state index contributed by atoms with van der Waals surface area (Å²) in [5.74, 6) is 0.211. The molecule has 8 heteroatoms. The van der Waals surface area contributed by atoms with E-state index in [0.29, 0.717) is 11.1 Å². The van der Waals surface area contributed by atoms with Gasteiger partial charge in [-0.15, -0.1) is 0 Å². The summed E-state index contributed by atoms with van der Waals surface area (Å²) in [7, 11) is 4.47. The second-order valence-electron chi connectivity index (χ2n) is 12.4. The fourth-order valence-electron chi connectivity index (χ4n) is 7.16. The number of hydrazine groups is 2. The Labute approximate surface area is 253 Å². The van der Waals surface area contributed by atoms with Crippen molar-refractivity contribution in [3.8, 4) is 0 Å². The van der Waals surface area contributed by atoms with E-state index < -0.39 is 0 Å². The molecule has 0 unspecified atom stereocenters. The van der Waals surface area contributed by atoms with Gasteiger partial charge in [-0.3, -0.25) is 4.79 Å². The Balaban J connectivity index is 1.27. The number of carbonyl (C=O) groups excluding carboxylic acids is 1. The van der Waals surface area contributed by atoms with Gasteiger partial charge in [0.2, 0.25) is 5.78 Å². The van der Waals surface area contributed by atoms with Crippen LogP contribution in [-0.4, -0.2) is 121 Å². The van der Waals surface area contributed by atoms with Crippen molar-refractivity contribution in [2.75, 3.05) is 84.4 Å². The van der Waals surface area contributed by atoms with Gasteiger partial charge in [-0.05, 0) is 70.1 Å². The fourth-order valence-corrected chi connectivity index (χ4v) is 7.16. The molecule has 1 saturated carbocycles. The number of hydrogen-bond donors (Lipinski definition) is 1. The number of benzene rings is 1. The number of allylic oxidation sites excluding steroid dienone is 3. The van der Waals surface area contributed by atoms with Gasteiger partial charge in [-0.2, -0.15) is 0 Å². The maximum atomic E-state index is 13.3. The number of anilines is 1. The molecule has 0 spiro atoms. The minimum atomic E-state index is 0.0119. The number of aliphatic hydroxyl groups excluding tert-OH is 1. The van der Waals surface area contributed by atoms with Crippen LogP contribution in [0.25, 0.3) is 5.57 Å². The van der Waals surface area contributed by atoms with Crippen molar-refractivity contribution in [1.29, 1.82) is 0 Å². The molecule has 0 atom stereocenters. The van der Waals surface area contributed by atoms with Gasteiger partial charge in [0.05, 0.1) is 24.2 Å². The Morgan fingerprint density at radius 1 is 0.762 bits per heavy atom. The van der Waals surface area contributed by atoms with E-state index in [0.717, 1.165) is 81.8 Å². The fraction of sp³-hybridized carbons (Fsp3) is 0.647. The Bertz CT molecular complexity index is 1150. The number of Topliss-reactive ketones (excluding diaryl/α,β-unsaturated/α-hetero) is 1. The smallest absolute Gasteiger partial charge is 0.201 e. The number of carbonyl (C=O) groups is 1. The zero-order valence-corrected chi connectivity index (χ0v) is 26.6. The Morgan fingerprint density at radius 3 is 1.71 bits per heavy atom. The van der Waals surface area contributed by atoms with E-state index in [9.17, 15) is 9.90 Å². The van der Waals surface area contributed by atoms with Crippen LogP contribution in [0.1, 0.15) is 70.8 Å². The summed E-state index contributed by atoms with van der Waals surface area (Å²) in [5, 5.41) is 20.9. The van der Waals surface area contributed by atoms with Crippen LogP contribution in [0, 0.1) is 0 Å². The first kappa shape index (κ1) is 30.9. The summed E-state index contributed by atoms with van der Waals surface area (Å²) in [6.45, 7) is 15.0. The monoisotopic (exact) mass is 577 g/mol. The first-order chi connectivity index (χ1) is 20.4. The Morgan fingerprint density at radius 2 is 1.26 bits per heavy atom. The number of hydrogen-bond acceptors (Lipinski definition) is 7. The molecule has 2 aliphatic heterocycles. The molecule has 0 radical (unpaired) electrons. The zero-order valence-electron chi connectivity index (χ0n) is 26.6. The van der Waals surface area contributed by atoms with Crippen LogP contribution in [0.5, 0.6) is 0 Å². The minimum Gasteiger partial charge on any atom is -0.506 e. The van der Waals surface area contributed by atoms with E-state index in [4.69, 9.17) is 0 Å². The van der Waals surface area contributed by atoms with E-state index in [2.05, 4.69) is 69.6 Å². The quantitative estimate of drug-likeness (QED) is 0.288. The average Bonchev–Trinajstić information content (AvgIpc) is 3.75. The van der Waals surface area contributed by atoms with Gasteiger partial charge >= 0.3 is 0 Å². The van der Waals surface area contributed by atoms with Gasteiger partial charge in [0, 0.05) is 71.9 Å². The molecule has 0 bridgehead atoms. The molecule has 0 aromatic heterocycles. The predicted octanol–water partition coefficient (Wildman–Crippen LogP) is 4.59. The molecule has 4 aliphatic rings. The molecule has 2 saturated heterocycles. The number of rotatable bonds is 12. The van der Waals surface area contributed by atoms with Gasteiger partial charge in [-0.25, -0.2) is 24.6 Å². The van der Waals surface area contributed by atoms with Crippen LogP contribution < -0.4 is 4.90 Å². The lowest BCUT2D eigenvalue weighted by Gasteiger charge is -2.30. The Hall–Kier alpha value is -2.52. The maximum absolute atomic E-state index is 13.3. The maximum Gasteiger partial charge on any atom is 0.201 e. The van der Waals surface area contributed by atoms with Gasteiger partial charge in [0.15, 0.2) is 18.8 Å². The summed E-state index contributed by atoms with van der Waals surface area (Å²) in [4.78, 5) is 15.6. The molecule has 2 heterocycles. The topological polar surface area (TPSA) is 56.5 Å². The highest BCUT2D eigenvalue weighted by atomic mass is 16.3. The van der Waals surface area contributed by atoms with Crippen molar-refractivity contribution in [3.05, 3.63) is 46.7 Å². The van der Waals surface area contributed by atoms with Crippen LogP contribution >= 0.6 is 0 Å². The van der Waals surface area contributed by atoms with Crippen molar-refractivity contribution >= 4 is 22.8 Å². The first-order valence-corrected chi connectivity index (χ1v) is 16.5. The Kier molecular flexibility index (Phi) is 10.5. The average molecular weight is 578 g/mol. The van der Waals surface area contributed by atoms with E-state index in [1.807, 2.05) is 12.1 Å². The lowest BCUT2D eigenvalue weighted by molar-refractivity contribution is -0.532. The highest BCUT2D eigenvalue weighted by Crippen LogP contribution is 2.41. The standard InChI is InChI=1S/C34H52N6O2/c1-5-37(6-2)29-15-11-27(12-16-29)31-33(41)32(34(31)42)28-13-17-30(18-14-28)38(25-23-35(3)39-19-7-8-20-39)26-24-36(4)40-21-9-10-22-40/h11-12,15-16H,5-10,13-14,17-26H2,1-4H3/p+1. The zero-order chi connectivity index (χ0) is 29.6. The highest BCUT2D eigenvalue weighted by Gasteiger charge is 2.38. The summed E-state index contributed by atoms with van der Waals surface area (Å²) in [6.07, 6.45) is 8.84. The number of aliphatic hydroxyl groups is 1. The molecule has 8 nitrogen and oxygen atoms in total. The molecule has 1 N–H and O–H groups in total. The van der Waals surface area contributed by atoms with Crippen LogP contribution in [0.4, 0.5) is 5.69 Å². The largest absolute Gasteiger partial charge is 0.506 e.